The Kier molecular flexibility index (Phi) is 3.65. The summed E-state index contributed by atoms with van der Waals surface area (Å²) in [5.74, 6) is 0.411. The minimum Gasteiger partial charge on any atom is -0.493 e. The van der Waals surface area contributed by atoms with E-state index in [1.54, 1.807) is 26.2 Å². The van der Waals surface area contributed by atoms with Crippen molar-refractivity contribution in [1.29, 1.82) is 0 Å². The molecule has 0 atom stereocenters. The normalized spacial score (nSPS) is 10.4. The van der Waals surface area contributed by atoms with Crippen LogP contribution in [0.15, 0.2) is 16.7 Å². The monoisotopic (exact) mass is 277 g/mol. The van der Waals surface area contributed by atoms with Crippen molar-refractivity contribution in [3.8, 4) is 22.6 Å². The summed E-state index contributed by atoms with van der Waals surface area (Å²) in [4.78, 5) is 11.2. The van der Waals surface area contributed by atoms with Crippen LogP contribution in [0.3, 0.4) is 0 Å². The Morgan fingerprint density at radius 1 is 1.20 bits per heavy atom. The summed E-state index contributed by atoms with van der Waals surface area (Å²) in [6.07, 6.45) is 0. The fraction of sp³-hybridized carbons (Fsp3) is 0.286. The number of aromatic carboxylic acids is 1. The second-order valence-corrected chi connectivity index (χ2v) is 4.29. The van der Waals surface area contributed by atoms with Gasteiger partial charge in [0.1, 0.15) is 5.76 Å². The fourth-order valence-electron chi connectivity index (χ4n) is 2.09. The van der Waals surface area contributed by atoms with Crippen LogP contribution in [0.4, 0.5) is 0 Å². The zero-order valence-electron chi connectivity index (χ0n) is 11.7. The van der Waals surface area contributed by atoms with Crippen LogP contribution in [-0.2, 0) is 0 Å². The average molecular weight is 277 g/mol. The highest BCUT2D eigenvalue weighted by Gasteiger charge is 2.23. The molecule has 1 aromatic heterocycles. The molecule has 20 heavy (non-hydrogen) atoms. The number of benzene rings is 1. The van der Waals surface area contributed by atoms with Gasteiger partial charge < -0.3 is 19.1 Å². The van der Waals surface area contributed by atoms with E-state index in [4.69, 9.17) is 14.0 Å². The van der Waals surface area contributed by atoms with Crippen LogP contribution in [0.5, 0.6) is 11.5 Å². The Morgan fingerprint density at radius 3 is 2.35 bits per heavy atom. The van der Waals surface area contributed by atoms with E-state index in [0.717, 1.165) is 5.56 Å². The molecule has 0 amide bonds. The molecule has 2 aromatic rings. The molecular formula is C14H15NO5. The Labute approximate surface area is 115 Å². The summed E-state index contributed by atoms with van der Waals surface area (Å²) in [6, 6.07) is 3.51. The number of aryl methyl sites for hydroxylation is 2. The summed E-state index contributed by atoms with van der Waals surface area (Å²) < 4.78 is 15.5. The number of ether oxygens (including phenoxy) is 2. The van der Waals surface area contributed by atoms with Gasteiger partial charge in [-0.3, -0.25) is 0 Å². The van der Waals surface area contributed by atoms with Gasteiger partial charge in [0, 0.05) is 0 Å². The van der Waals surface area contributed by atoms with Crippen LogP contribution >= 0.6 is 0 Å². The predicted molar refractivity (Wildman–Crippen MR) is 71.5 cm³/mol. The highest BCUT2D eigenvalue weighted by Crippen LogP contribution is 2.37. The number of carbonyl (C=O) groups is 1. The maximum Gasteiger partial charge on any atom is 0.358 e. The Bertz CT molecular complexity index is 660. The van der Waals surface area contributed by atoms with E-state index in [-0.39, 0.29) is 5.69 Å². The molecular weight excluding hydrogens is 262 g/mol. The van der Waals surface area contributed by atoms with Crippen LogP contribution in [-0.4, -0.2) is 30.5 Å². The Hall–Kier alpha value is -2.50. The summed E-state index contributed by atoms with van der Waals surface area (Å²) in [5.41, 5.74) is 1.88. The van der Waals surface area contributed by atoms with E-state index in [1.807, 2.05) is 6.92 Å². The first-order valence-corrected chi connectivity index (χ1v) is 5.92. The van der Waals surface area contributed by atoms with Gasteiger partial charge in [-0.1, -0.05) is 5.16 Å². The van der Waals surface area contributed by atoms with E-state index >= 15 is 0 Å². The van der Waals surface area contributed by atoms with Gasteiger partial charge in [-0.15, -0.1) is 0 Å². The van der Waals surface area contributed by atoms with Gasteiger partial charge in [-0.05, 0) is 37.1 Å². The molecule has 106 valence electrons. The minimum atomic E-state index is -1.13. The van der Waals surface area contributed by atoms with Gasteiger partial charge in [0.25, 0.3) is 0 Å². The molecule has 1 aromatic carbocycles. The molecule has 6 nitrogen and oxygen atoms in total. The van der Waals surface area contributed by atoms with Gasteiger partial charge in [0.15, 0.2) is 17.2 Å². The zero-order valence-corrected chi connectivity index (χ0v) is 11.7. The van der Waals surface area contributed by atoms with E-state index < -0.39 is 5.97 Å². The van der Waals surface area contributed by atoms with Crippen LogP contribution < -0.4 is 9.47 Å². The minimum absolute atomic E-state index is 0.113. The summed E-state index contributed by atoms with van der Waals surface area (Å²) >= 11 is 0. The lowest BCUT2D eigenvalue weighted by Gasteiger charge is -2.12. The van der Waals surface area contributed by atoms with Crippen molar-refractivity contribution < 1.29 is 23.9 Å². The molecule has 0 aliphatic rings. The van der Waals surface area contributed by atoms with Crippen molar-refractivity contribution >= 4 is 5.97 Å². The lowest BCUT2D eigenvalue weighted by molar-refractivity contribution is 0.0686. The molecule has 0 bridgehead atoms. The van der Waals surface area contributed by atoms with Crippen molar-refractivity contribution in [2.24, 2.45) is 0 Å². The van der Waals surface area contributed by atoms with Gasteiger partial charge in [-0.25, -0.2) is 4.79 Å². The van der Waals surface area contributed by atoms with Gasteiger partial charge >= 0.3 is 5.97 Å². The van der Waals surface area contributed by atoms with Crippen molar-refractivity contribution in [2.45, 2.75) is 13.8 Å². The maximum atomic E-state index is 11.2. The largest absolute Gasteiger partial charge is 0.493 e. The SMILES string of the molecule is COc1cc(C)c(-c2c(C(=O)O)noc2C)cc1OC. The van der Waals surface area contributed by atoms with Gasteiger partial charge in [0.05, 0.1) is 19.8 Å². The molecule has 0 aliphatic heterocycles. The Balaban J connectivity index is 2.70. The number of hydrogen-bond donors (Lipinski definition) is 1. The first kappa shape index (κ1) is 13.9. The van der Waals surface area contributed by atoms with Crippen molar-refractivity contribution in [2.75, 3.05) is 14.2 Å². The fourth-order valence-corrected chi connectivity index (χ4v) is 2.09. The Morgan fingerprint density at radius 2 is 1.80 bits per heavy atom. The van der Waals surface area contributed by atoms with Crippen molar-refractivity contribution in [3.63, 3.8) is 0 Å². The molecule has 0 radical (unpaired) electrons. The standard InChI is InChI=1S/C14H15NO5/c1-7-5-10(18-3)11(19-4)6-9(7)12-8(2)20-15-13(12)14(16)17/h5-6H,1-4H3,(H,16,17). The smallest absolute Gasteiger partial charge is 0.358 e. The molecule has 1 heterocycles. The van der Waals surface area contributed by atoms with E-state index in [1.165, 1.54) is 7.11 Å². The third-order valence-electron chi connectivity index (χ3n) is 3.07. The summed E-state index contributed by atoms with van der Waals surface area (Å²) in [7, 11) is 3.07. The number of aromatic nitrogens is 1. The van der Waals surface area contributed by atoms with E-state index in [2.05, 4.69) is 5.16 Å². The summed E-state index contributed by atoms with van der Waals surface area (Å²) in [5, 5.41) is 12.8. The van der Waals surface area contributed by atoms with Crippen LogP contribution in [0.1, 0.15) is 21.8 Å². The number of carboxylic acid groups (broad SMARTS) is 1. The number of nitrogens with zero attached hydrogens (tertiary/aromatic N) is 1. The first-order chi connectivity index (χ1) is 9.49. The molecule has 6 heteroatoms. The third kappa shape index (κ3) is 2.20. The molecule has 1 N–H and O–H groups in total. The number of carboxylic acids is 1. The molecule has 0 unspecified atom stereocenters. The van der Waals surface area contributed by atoms with Crippen molar-refractivity contribution in [3.05, 3.63) is 29.2 Å². The molecule has 0 spiro atoms. The van der Waals surface area contributed by atoms with Crippen LogP contribution in [0, 0.1) is 13.8 Å². The van der Waals surface area contributed by atoms with E-state index in [9.17, 15) is 9.90 Å². The molecule has 0 fully saturated rings. The molecule has 0 aliphatic carbocycles. The second-order valence-electron chi connectivity index (χ2n) is 4.29. The first-order valence-electron chi connectivity index (χ1n) is 5.92. The lowest BCUT2D eigenvalue weighted by Crippen LogP contribution is -2.01. The third-order valence-corrected chi connectivity index (χ3v) is 3.07. The summed E-state index contributed by atoms with van der Waals surface area (Å²) in [6.45, 7) is 3.53. The topological polar surface area (TPSA) is 81.8 Å². The highest BCUT2D eigenvalue weighted by molar-refractivity contribution is 5.95. The number of rotatable bonds is 4. The second kappa shape index (κ2) is 5.24. The van der Waals surface area contributed by atoms with E-state index in [0.29, 0.717) is 28.4 Å². The lowest BCUT2D eigenvalue weighted by atomic mass is 9.98. The number of hydrogen-bond acceptors (Lipinski definition) is 5. The van der Waals surface area contributed by atoms with Gasteiger partial charge in [-0.2, -0.15) is 0 Å². The number of methoxy groups -OCH3 is 2. The quantitative estimate of drug-likeness (QED) is 0.925. The van der Waals surface area contributed by atoms with Crippen LogP contribution in [0.25, 0.3) is 11.1 Å². The zero-order chi connectivity index (χ0) is 14.9. The molecule has 0 saturated carbocycles. The predicted octanol–water partition coefficient (Wildman–Crippen LogP) is 2.67. The maximum absolute atomic E-state index is 11.2. The molecule has 0 saturated heterocycles. The van der Waals surface area contributed by atoms with Gasteiger partial charge in [0.2, 0.25) is 0 Å². The van der Waals surface area contributed by atoms with Crippen LogP contribution in [0.2, 0.25) is 0 Å². The molecule has 2 rings (SSSR count). The van der Waals surface area contributed by atoms with Crippen molar-refractivity contribution in [1.82, 2.24) is 5.16 Å². The highest BCUT2D eigenvalue weighted by atomic mass is 16.5. The average Bonchev–Trinajstić information content (AvgIpc) is 2.80.